The second-order valence-electron chi connectivity index (χ2n) is 6.88. The molecule has 2 N–H and O–H groups in total. The lowest BCUT2D eigenvalue weighted by molar-refractivity contribution is 0.229. The van der Waals surface area contributed by atoms with Gasteiger partial charge in [-0.15, -0.1) is 0 Å². The number of methoxy groups -OCH3 is 1. The first-order chi connectivity index (χ1) is 9.65. The van der Waals surface area contributed by atoms with Gasteiger partial charge >= 0.3 is 0 Å². The first-order valence-corrected chi connectivity index (χ1v) is 8.08. The van der Waals surface area contributed by atoms with Gasteiger partial charge in [0.25, 0.3) is 0 Å². The first-order valence-electron chi connectivity index (χ1n) is 8.08. The van der Waals surface area contributed by atoms with E-state index in [4.69, 9.17) is 10.5 Å². The quantitative estimate of drug-likeness (QED) is 0.844. The number of fused-ring (bicyclic) bond motifs is 4. The molecule has 3 atom stereocenters. The molecule has 3 rings (SSSR count). The average Bonchev–Trinajstić information content (AvgIpc) is 2.51. The Morgan fingerprint density at radius 1 is 1.20 bits per heavy atom. The Kier molecular flexibility index (Phi) is 3.76. The monoisotopic (exact) mass is 273 g/mol. The summed E-state index contributed by atoms with van der Waals surface area (Å²) in [6.07, 6.45) is 9.03. The maximum absolute atomic E-state index is 6.72. The van der Waals surface area contributed by atoms with E-state index in [1.807, 2.05) is 0 Å². The van der Waals surface area contributed by atoms with Gasteiger partial charge in [0.2, 0.25) is 0 Å². The number of hydrogen-bond acceptors (Lipinski definition) is 2. The van der Waals surface area contributed by atoms with Crippen molar-refractivity contribution in [1.82, 2.24) is 0 Å². The second-order valence-corrected chi connectivity index (χ2v) is 6.88. The molecule has 0 aliphatic heterocycles. The van der Waals surface area contributed by atoms with Crippen LogP contribution in [-0.4, -0.2) is 13.2 Å². The Morgan fingerprint density at radius 3 is 2.80 bits per heavy atom. The molecule has 1 fully saturated rings. The van der Waals surface area contributed by atoms with Crippen LogP contribution in [0, 0.1) is 5.92 Å². The van der Waals surface area contributed by atoms with Gasteiger partial charge in [-0.1, -0.05) is 38.7 Å². The van der Waals surface area contributed by atoms with E-state index in [0.29, 0.717) is 12.0 Å². The van der Waals surface area contributed by atoms with Crippen LogP contribution < -0.4 is 10.5 Å². The molecule has 0 amide bonds. The molecule has 2 aliphatic carbocycles. The Hall–Kier alpha value is -1.02. The molecule has 0 heterocycles. The van der Waals surface area contributed by atoms with Crippen LogP contribution in [-0.2, 0) is 11.8 Å². The fourth-order valence-electron chi connectivity index (χ4n) is 4.34. The number of hydrogen-bond donors (Lipinski definition) is 1. The predicted octanol–water partition coefficient (Wildman–Crippen LogP) is 3.81. The maximum atomic E-state index is 6.72. The van der Waals surface area contributed by atoms with Gasteiger partial charge in [0.15, 0.2) is 0 Å². The highest BCUT2D eigenvalue weighted by atomic mass is 16.5. The molecule has 0 aromatic heterocycles. The fourth-order valence-corrected chi connectivity index (χ4v) is 4.34. The van der Waals surface area contributed by atoms with Gasteiger partial charge in [-0.2, -0.15) is 0 Å². The van der Waals surface area contributed by atoms with E-state index in [1.165, 1.54) is 49.7 Å². The van der Waals surface area contributed by atoms with Crippen molar-refractivity contribution in [1.29, 1.82) is 0 Å². The summed E-state index contributed by atoms with van der Waals surface area (Å²) in [6.45, 7) is 2.38. The summed E-state index contributed by atoms with van der Waals surface area (Å²) in [6, 6.07) is 6.90. The molecule has 2 heteroatoms. The summed E-state index contributed by atoms with van der Waals surface area (Å²) >= 11 is 0. The normalized spacial score (nSPS) is 33.5. The highest BCUT2D eigenvalue weighted by Gasteiger charge is 2.43. The third kappa shape index (κ3) is 2.24. The van der Waals surface area contributed by atoms with Gasteiger partial charge in [-0.3, -0.25) is 0 Å². The van der Waals surface area contributed by atoms with Crippen molar-refractivity contribution < 1.29 is 4.74 Å². The Labute approximate surface area is 122 Å². The van der Waals surface area contributed by atoms with Gasteiger partial charge < -0.3 is 10.5 Å². The summed E-state index contributed by atoms with van der Waals surface area (Å²) in [5.41, 5.74) is 9.79. The summed E-state index contributed by atoms with van der Waals surface area (Å²) < 4.78 is 5.44. The summed E-state index contributed by atoms with van der Waals surface area (Å²) in [5, 5.41) is 0. The third-order valence-corrected chi connectivity index (χ3v) is 5.68. The summed E-state index contributed by atoms with van der Waals surface area (Å²) in [7, 11) is 1.75. The molecular weight excluding hydrogens is 246 g/mol. The molecular formula is C18H27NO. The van der Waals surface area contributed by atoms with Crippen LogP contribution in [0.5, 0.6) is 5.75 Å². The van der Waals surface area contributed by atoms with Crippen molar-refractivity contribution in [2.45, 2.75) is 63.3 Å². The lowest BCUT2D eigenvalue weighted by Gasteiger charge is -2.46. The largest absolute Gasteiger partial charge is 0.497 e. The number of rotatable bonds is 1. The van der Waals surface area contributed by atoms with Gasteiger partial charge in [-0.05, 0) is 48.4 Å². The van der Waals surface area contributed by atoms with Crippen molar-refractivity contribution in [2.24, 2.45) is 11.7 Å². The van der Waals surface area contributed by atoms with Crippen LogP contribution in [0.1, 0.15) is 56.6 Å². The van der Waals surface area contributed by atoms with Gasteiger partial charge in [-0.25, -0.2) is 0 Å². The molecule has 1 aromatic carbocycles. The number of ether oxygens (including phenoxy) is 1. The van der Waals surface area contributed by atoms with Crippen molar-refractivity contribution in [3.8, 4) is 5.75 Å². The van der Waals surface area contributed by atoms with Crippen molar-refractivity contribution >= 4 is 0 Å². The second kappa shape index (κ2) is 5.40. The van der Waals surface area contributed by atoms with Crippen LogP contribution >= 0.6 is 0 Å². The van der Waals surface area contributed by atoms with E-state index >= 15 is 0 Å². The van der Waals surface area contributed by atoms with Crippen LogP contribution in [0.25, 0.3) is 0 Å². The minimum atomic E-state index is 0.122. The standard InChI is InChI=1S/C18H27NO/c1-18-10-6-4-3-5-7-14(17(18)19)11-13-8-9-15(20-2)12-16(13)18/h8-9,12,14,17H,3-7,10-11,19H2,1-2H3/t14-,17-,18+/m0/s1. The molecule has 2 nitrogen and oxygen atoms in total. The molecule has 0 saturated heterocycles. The van der Waals surface area contributed by atoms with Gasteiger partial charge in [0.1, 0.15) is 5.75 Å². The third-order valence-electron chi connectivity index (χ3n) is 5.68. The van der Waals surface area contributed by atoms with Crippen LogP contribution in [0.15, 0.2) is 18.2 Å². The smallest absolute Gasteiger partial charge is 0.119 e. The van der Waals surface area contributed by atoms with Crippen molar-refractivity contribution in [2.75, 3.05) is 7.11 Å². The maximum Gasteiger partial charge on any atom is 0.119 e. The lowest BCUT2D eigenvalue weighted by Crippen LogP contribution is -2.52. The van der Waals surface area contributed by atoms with Crippen LogP contribution in [0.2, 0.25) is 0 Å². The van der Waals surface area contributed by atoms with E-state index < -0.39 is 0 Å². The molecule has 20 heavy (non-hydrogen) atoms. The SMILES string of the molecule is COc1ccc2c(c1)[C@@]1(C)CCCCCC[C@@H](C2)[C@@H]1N. The fraction of sp³-hybridized carbons (Fsp3) is 0.667. The van der Waals surface area contributed by atoms with Crippen molar-refractivity contribution in [3.05, 3.63) is 29.3 Å². The lowest BCUT2D eigenvalue weighted by atomic mass is 9.61. The van der Waals surface area contributed by atoms with Crippen LogP contribution in [0.4, 0.5) is 0 Å². The van der Waals surface area contributed by atoms with E-state index in [0.717, 1.165) is 12.2 Å². The molecule has 2 aliphatic rings. The zero-order valence-corrected chi connectivity index (χ0v) is 12.8. The average molecular weight is 273 g/mol. The van der Waals surface area contributed by atoms with E-state index in [9.17, 15) is 0 Å². The number of nitrogens with two attached hydrogens (primary N) is 1. The molecule has 2 bridgehead atoms. The Balaban J connectivity index is 2.07. The number of benzene rings is 1. The van der Waals surface area contributed by atoms with E-state index in [-0.39, 0.29) is 5.41 Å². The topological polar surface area (TPSA) is 35.2 Å². The molecule has 1 saturated carbocycles. The predicted molar refractivity (Wildman–Crippen MR) is 83.2 cm³/mol. The Bertz CT molecular complexity index is 484. The van der Waals surface area contributed by atoms with Gasteiger partial charge in [0, 0.05) is 11.5 Å². The molecule has 0 unspecified atom stereocenters. The molecule has 0 spiro atoms. The minimum Gasteiger partial charge on any atom is -0.497 e. The van der Waals surface area contributed by atoms with E-state index in [2.05, 4.69) is 25.1 Å². The summed E-state index contributed by atoms with van der Waals surface area (Å²) in [4.78, 5) is 0. The summed E-state index contributed by atoms with van der Waals surface area (Å²) in [5.74, 6) is 1.62. The van der Waals surface area contributed by atoms with Crippen molar-refractivity contribution in [3.63, 3.8) is 0 Å². The highest BCUT2D eigenvalue weighted by Crippen LogP contribution is 2.45. The highest BCUT2D eigenvalue weighted by molar-refractivity contribution is 5.44. The molecule has 1 aromatic rings. The van der Waals surface area contributed by atoms with E-state index in [1.54, 1.807) is 7.11 Å². The molecule has 110 valence electrons. The van der Waals surface area contributed by atoms with Gasteiger partial charge in [0.05, 0.1) is 7.11 Å². The zero-order valence-electron chi connectivity index (χ0n) is 12.8. The zero-order chi connectivity index (χ0) is 14.2. The van der Waals surface area contributed by atoms with Crippen LogP contribution in [0.3, 0.4) is 0 Å². The molecule has 0 radical (unpaired) electrons. The minimum absolute atomic E-state index is 0.122. The first kappa shape index (κ1) is 13.9. The Morgan fingerprint density at radius 2 is 2.00 bits per heavy atom.